The number of carbonyl (C=O) groups is 3. The minimum Gasteiger partial charge on any atom is -0.274 e. The number of benzene rings is 2. The van der Waals surface area contributed by atoms with Gasteiger partial charge in [0.05, 0.1) is 0 Å². The van der Waals surface area contributed by atoms with Crippen LogP contribution in [0.1, 0.15) is 36.0 Å². The van der Waals surface area contributed by atoms with Crippen molar-refractivity contribution in [3.8, 4) is 0 Å². The van der Waals surface area contributed by atoms with E-state index in [9.17, 15) is 40.7 Å². The fraction of sp³-hybridized carbons (Fsp3) is 0.348. The zero-order valence-corrected chi connectivity index (χ0v) is 19.0. The highest BCUT2D eigenvalue weighted by molar-refractivity contribution is 6.30. The molecule has 0 saturated carbocycles. The highest BCUT2D eigenvalue weighted by Gasteiger charge is 2.42. The van der Waals surface area contributed by atoms with Gasteiger partial charge in [0.15, 0.2) is 0 Å². The normalized spacial score (nSPS) is 15.3. The van der Waals surface area contributed by atoms with Crippen LogP contribution in [0.2, 0.25) is 5.02 Å². The lowest BCUT2D eigenvalue weighted by molar-refractivity contribution is -0.143. The second-order valence-electron chi connectivity index (χ2n) is 8.13. The van der Waals surface area contributed by atoms with Crippen LogP contribution in [-0.2, 0) is 21.4 Å². The van der Waals surface area contributed by atoms with E-state index in [-0.39, 0.29) is 10.6 Å². The van der Waals surface area contributed by atoms with E-state index in [0.717, 1.165) is 24.3 Å². The molecule has 0 atom stereocenters. The largest absolute Gasteiger partial charge is 0.333 e. The summed E-state index contributed by atoms with van der Waals surface area (Å²) < 4.78 is 85.4. The molecule has 1 fully saturated rings. The van der Waals surface area contributed by atoms with Crippen LogP contribution in [0, 0.1) is 18.6 Å². The smallest absolute Gasteiger partial charge is 0.274 e. The molecule has 0 bridgehead atoms. The number of imide groups is 2. The summed E-state index contributed by atoms with van der Waals surface area (Å²) in [6.45, 7) is -0.278. The molecule has 1 aliphatic rings. The van der Waals surface area contributed by atoms with Gasteiger partial charge in [-0.25, -0.2) is 31.1 Å². The first-order valence-electron chi connectivity index (χ1n) is 10.3. The zero-order valence-electron chi connectivity index (χ0n) is 18.3. The first-order valence-corrected chi connectivity index (χ1v) is 10.7. The average Bonchev–Trinajstić information content (AvgIpc) is 2.71. The molecule has 0 aliphatic carbocycles. The summed E-state index contributed by atoms with van der Waals surface area (Å²) >= 11 is 5.60. The Hall–Kier alpha value is -3.08. The quantitative estimate of drug-likeness (QED) is 0.328. The predicted molar refractivity (Wildman–Crippen MR) is 113 cm³/mol. The van der Waals surface area contributed by atoms with Crippen LogP contribution in [0.15, 0.2) is 36.4 Å². The number of hydrogen-bond donors (Lipinski definition) is 0. The van der Waals surface area contributed by atoms with E-state index in [1.54, 1.807) is 0 Å². The Kier molecular flexibility index (Phi) is 7.49. The maximum atomic E-state index is 14.6. The number of nitrogens with zero attached hydrogens (tertiary/aromatic N) is 2. The Morgan fingerprint density at radius 1 is 0.771 bits per heavy atom. The van der Waals surface area contributed by atoms with Crippen molar-refractivity contribution in [1.29, 1.82) is 0 Å². The minimum absolute atomic E-state index is 0.238. The molecule has 0 radical (unpaired) electrons. The van der Waals surface area contributed by atoms with E-state index >= 15 is 0 Å². The molecule has 0 unspecified atom stereocenters. The van der Waals surface area contributed by atoms with E-state index in [4.69, 9.17) is 11.6 Å². The summed E-state index contributed by atoms with van der Waals surface area (Å²) in [4.78, 5) is 37.7. The molecule has 2 aromatic rings. The molecular weight excluding hydrogens is 502 g/mol. The van der Waals surface area contributed by atoms with E-state index in [0.29, 0.717) is 21.9 Å². The molecule has 3 rings (SSSR count). The van der Waals surface area contributed by atoms with Gasteiger partial charge in [-0.2, -0.15) is 0 Å². The standard InChI is InChI=1S/C23H19ClF6N2O3/c1-13-6-14(9-17(25)7-13)22(27,28)2-4-31-19(33)12-20(34)32(21(31)35)5-3-23(29,30)15-8-16(24)11-18(26)10-15/h6-11H,2-5,12H2,1H3. The van der Waals surface area contributed by atoms with Crippen LogP contribution in [0.3, 0.4) is 0 Å². The van der Waals surface area contributed by atoms with Gasteiger partial charge in [-0.05, 0) is 48.9 Å². The van der Waals surface area contributed by atoms with Crippen LogP contribution in [0.4, 0.5) is 31.1 Å². The fourth-order valence-electron chi connectivity index (χ4n) is 3.63. The summed E-state index contributed by atoms with van der Waals surface area (Å²) in [6, 6.07) is 3.61. The van der Waals surface area contributed by atoms with Gasteiger partial charge in [-0.1, -0.05) is 11.6 Å². The Labute approximate surface area is 201 Å². The maximum absolute atomic E-state index is 14.6. The molecule has 1 heterocycles. The third-order valence-corrected chi connectivity index (χ3v) is 5.63. The SMILES string of the molecule is Cc1cc(F)cc(C(F)(F)CCN2C(=O)CC(=O)N(CCC(F)(F)c3cc(F)cc(Cl)c3)C2=O)c1. The van der Waals surface area contributed by atoms with Gasteiger partial charge >= 0.3 is 6.03 Å². The molecule has 0 N–H and O–H groups in total. The van der Waals surface area contributed by atoms with Gasteiger partial charge in [-0.3, -0.25) is 19.4 Å². The molecule has 188 valence electrons. The molecule has 35 heavy (non-hydrogen) atoms. The first kappa shape index (κ1) is 26.5. The Morgan fingerprint density at radius 2 is 1.23 bits per heavy atom. The van der Waals surface area contributed by atoms with Crippen LogP contribution in [-0.4, -0.2) is 40.7 Å². The highest BCUT2D eigenvalue weighted by atomic mass is 35.5. The number of alkyl halides is 4. The Balaban J connectivity index is 1.71. The van der Waals surface area contributed by atoms with Gasteiger partial charge in [0.25, 0.3) is 11.8 Å². The molecule has 5 nitrogen and oxygen atoms in total. The molecule has 2 aromatic carbocycles. The van der Waals surface area contributed by atoms with Gasteiger partial charge in [0.2, 0.25) is 11.8 Å². The third-order valence-electron chi connectivity index (χ3n) is 5.41. The second kappa shape index (κ2) is 9.88. The molecular formula is C23H19ClF6N2O3. The topological polar surface area (TPSA) is 57.7 Å². The van der Waals surface area contributed by atoms with E-state index in [2.05, 4.69) is 0 Å². The van der Waals surface area contributed by atoms with Gasteiger partial charge in [0, 0.05) is 42.1 Å². The third kappa shape index (κ3) is 6.14. The summed E-state index contributed by atoms with van der Waals surface area (Å²) in [6.07, 6.45) is -3.08. The summed E-state index contributed by atoms with van der Waals surface area (Å²) in [5.41, 5.74) is -1.20. The lowest BCUT2D eigenvalue weighted by Crippen LogP contribution is -2.56. The van der Waals surface area contributed by atoms with Crippen molar-refractivity contribution >= 4 is 29.4 Å². The number of amides is 4. The van der Waals surface area contributed by atoms with Crippen molar-refractivity contribution in [2.24, 2.45) is 0 Å². The highest BCUT2D eigenvalue weighted by Crippen LogP contribution is 2.35. The zero-order chi connectivity index (χ0) is 26.1. The molecule has 0 aromatic heterocycles. The first-order chi connectivity index (χ1) is 16.2. The van der Waals surface area contributed by atoms with Crippen molar-refractivity contribution in [3.63, 3.8) is 0 Å². The Bertz CT molecular complexity index is 1050. The number of rotatable bonds is 8. The fourth-order valence-corrected chi connectivity index (χ4v) is 3.85. The molecule has 1 aliphatic heterocycles. The lowest BCUT2D eigenvalue weighted by atomic mass is 10.0. The predicted octanol–water partition coefficient (Wildman–Crippen LogP) is 5.77. The minimum atomic E-state index is -3.69. The number of halogens is 7. The van der Waals surface area contributed by atoms with Gasteiger partial charge in [0.1, 0.15) is 18.1 Å². The number of carbonyl (C=O) groups excluding carboxylic acids is 3. The molecule has 4 amide bonds. The maximum Gasteiger partial charge on any atom is 0.333 e. The van der Waals surface area contributed by atoms with Crippen molar-refractivity contribution in [2.75, 3.05) is 13.1 Å². The van der Waals surface area contributed by atoms with Crippen LogP contribution >= 0.6 is 11.6 Å². The Morgan fingerprint density at radius 3 is 1.69 bits per heavy atom. The summed E-state index contributed by atoms with van der Waals surface area (Å²) in [7, 11) is 0. The van der Waals surface area contributed by atoms with Crippen molar-refractivity contribution in [2.45, 2.75) is 38.0 Å². The van der Waals surface area contributed by atoms with Gasteiger partial charge in [-0.15, -0.1) is 0 Å². The molecule has 1 saturated heterocycles. The average molecular weight is 521 g/mol. The monoisotopic (exact) mass is 520 g/mol. The van der Waals surface area contributed by atoms with Crippen LogP contribution in [0.25, 0.3) is 0 Å². The van der Waals surface area contributed by atoms with Crippen LogP contribution < -0.4 is 0 Å². The van der Waals surface area contributed by atoms with E-state index < -0.39 is 84.8 Å². The van der Waals surface area contributed by atoms with E-state index in [1.807, 2.05) is 0 Å². The number of hydrogen-bond acceptors (Lipinski definition) is 3. The van der Waals surface area contributed by atoms with Gasteiger partial charge < -0.3 is 0 Å². The van der Waals surface area contributed by atoms with Crippen molar-refractivity contribution in [3.05, 3.63) is 69.7 Å². The van der Waals surface area contributed by atoms with Crippen LogP contribution in [0.5, 0.6) is 0 Å². The van der Waals surface area contributed by atoms with Crippen molar-refractivity contribution < 1.29 is 40.7 Å². The summed E-state index contributed by atoms with van der Waals surface area (Å²) in [5, 5.41) is -0.281. The molecule has 0 spiro atoms. The lowest BCUT2D eigenvalue weighted by Gasteiger charge is -2.34. The number of aryl methyl sites for hydroxylation is 1. The number of urea groups is 1. The number of barbiturate groups is 1. The van der Waals surface area contributed by atoms with E-state index in [1.165, 1.54) is 6.92 Å². The second-order valence-corrected chi connectivity index (χ2v) is 8.57. The summed E-state index contributed by atoms with van der Waals surface area (Å²) in [5.74, 6) is -11.3. The van der Waals surface area contributed by atoms with Crippen molar-refractivity contribution in [1.82, 2.24) is 9.80 Å². The molecule has 12 heteroatoms.